The molecule has 0 aliphatic rings. The summed E-state index contributed by atoms with van der Waals surface area (Å²) in [6, 6.07) is 0. The molecule has 0 aliphatic carbocycles. The van der Waals surface area contributed by atoms with E-state index in [1.807, 2.05) is 0 Å². The van der Waals surface area contributed by atoms with E-state index in [2.05, 4.69) is 13.5 Å². The Balaban J connectivity index is 4.26. The van der Waals surface area contributed by atoms with Crippen LogP contribution in [0.25, 0.3) is 0 Å². The smallest absolute Gasteiger partial charge is 0.111 e. The molecule has 0 saturated carbocycles. The quantitative estimate of drug-likeness (QED) is 0.510. The van der Waals surface area contributed by atoms with Crippen molar-refractivity contribution in [1.82, 2.24) is 0 Å². The van der Waals surface area contributed by atoms with Crippen LogP contribution in [-0.4, -0.2) is 10.2 Å². The van der Waals surface area contributed by atoms with Gasteiger partial charge in [0.15, 0.2) is 0 Å². The molecule has 0 rings (SSSR count). The van der Waals surface area contributed by atoms with Crippen LogP contribution in [0.15, 0.2) is 48.5 Å². The minimum Gasteiger partial charge on any atom is -0.513 e. The van der Waals surface area contributed by atoms with Gasteiger partial charge >= 0.3 is 0 Å². The zero-order chi connectivity index (χ0) is 11.7. The van der Waals surface area contributed by atoms with Crippen LogP contribution in [0.3, 0.4) is 0 Å². The number of hydrogen-bond acceptors (Lipinski definition) is 2. The minimum absolute atomic E-state index is 0.234. The van der Waals surface area contributed by atoms with Crippen molar-refractivity contribution >= 4 is 0 Å². The van der Waals surface area contributed by atoms with E-state index in [9.17, 15) is 5.11 Å². The van der Waals surface area contributed by atoms with Gasteiger partial charge < -0.3 is 10.2 Å². The third-order valence-corrected chi connectivity index (χ3v) is 2.03. The van der Waals surface area contributed by atoms with Crippen molar-refractivity contribution in [3.05, 3.63) is 48.5 Å². The molecule has 0 aromatic carbocycles. The van der Waals surface area contributed by atoms with Crippen molar-refractivity contribution in [2.45, 2.75) is 26.7 Å². The molecule has 15 heavy (non-hydrogen) atoms. The predicted octanol–water partition coefficient (Wildman–Crippen LogP) is 4.05. The molecule has 0 amide bonds. The summed E-state index contributed by atoms with van der Waals surface area (Å²) < 4.78 is 0. The van der Waals surface area contributed by atoms with E-state index in [4.69, 9.17) is 5.11 Å². The molecule has 0 saturated heterocycles. The Kier molecular flexibility index (Phi) is 7.16. The molecule has 2 N–H and O–H groups in total. The molecule has 0 radical (unpaired) electrons. The van der Waals surface area contributed by atoms with Gasteiger partial charge in [0.25, 0.3) is 0 Å². The molecule has 1 atom stereocenters. The number of aliphatic hydroxyl groups is 2. The van der Waals surface area contributed by atoms with Crippen LogP contribution >= 0.6 is 0 Å². The Morgan fingerprint density at radius 1 is 1.40 bits per heavy atom. The van der Waals surface area contributed by atoms with E-state index in [-0.39, 0.29) is 11.7 Å². The highest BCUT2D eigenvalue weighted by molar-refractivity contribution is 5.15. The maximum absolute atomic E-state index is 9.40. The number of rotatable bonds is 6. The zero-order valence-electron chi connectivity index (χ0n) is 9.48. The van der Waals surface area contributed by atoms with Crippen molar-refractivity contribution in [3.63, 3.8) is 0 Å². The lowest BCUT2D eigenvalue weighted by Crippen LogP contribution is -1.94. The Morgan fingerprint density at radius 2 is 2.07 bits per heavy atom. The maximum Gasteiger partial charge on any atom is 0.111 e. The first-order valence-electron chi connectivity index (χ1n) is 5.15. The van der Waals surface area contributed by atoms with Gasteiger partial charge in [-0.25, -0.2) is 0 Å². The molecular weight excluding hydrogens is 188 g/mol. The highest BCUT2D eigenvalue weighted by Crippen LogP contribution is 2.13. The van der Waals surface area contributed by atoms with Gasteiger partial charge in [-0.3, -0.25) is 0 Å². The second kappa shape index (κ2) is 7.92. The van der Waals surface area contributed by atoms with Crippen LogP contribution in [0.2, 0.25) is 0 Å². The summed E-state index contributed by atoms with van der Waals surface area (Å²) in [4.78, 5) is 0. The summed E-state index contributed by atoms with van der Waals surface area (Å²) >= 11 is 0. The summed E-state index contributed by atoms with van der Waals surface area (Å²) in [6.45, 7) is 7.22. The van der Waals surface area contributed by atoms with E-state index in [0.717, 1.165) is 12.8 Å². The van der Waals surface area contributed by atoms with E-state index < -0.39 is 0 Å². The average molecular weight is 208 g/mol. The highest BCUT2D eigenvalue weighted by atomic mass is 16.3. The van der Waals surface area contributed by atoms with Crippen molar-refractivity contribution in [3.8, 4) is 0 Å². The second-order valence-corrected chi connectivity index (χ2v) is 3.44. The van der Waals surface area contributed by atoms with E-state index >= 15 is 0 Å². The summed E-state index contributed by atoms with van der Waals surface area (Å²) in [5, 5.41) is 18.5. The van der Waals surface area contributed by atoms with E-state index in [1.54, 1.807) is 37.3 Å². The number of hydrogen-bond donors (Lipinski definition) is 2. The molecular formula is C13H20O2. The van der Waals surface area contributed by atoms with Crippen LogP contribution in [-0.2, 0) is 0 Å². The highest BCUT2D eigenvalue weighted by Gasteiger charge is 2.01. The van der Waals surface area contributed by atoms with Crippen LogP contribution < -0.4 is 0 Å². The molecule has 2 nitrogen and oxygen atoms in total. The Bertz CT molecular complexity index is 268. The van der Waals surface area contributed by atoms with Crippen molar-refractivity contribution < 1.29 is 10.2 Å². The third kappa shape index (κ3) is 7.62. The van der Waals surface area contributed by atoms with Crippen molar-refractivity contribution in [2.24, 2.45) is 5.92 Å². The monoisotopic (exact) mass is 208 g/mol. The summed E-state index contributed by atoms with van der Waals surface area (Å²) in [5.41, 5.74) is 0. The lowest BCUT2D eigenvalue weighted by molar-refractivity contribution is 0.401. The molecule has 2 heteroatoms. The lowest BCUT2D eigenvalue weighted by atomic mass is 10.0. The fraction of sp³-hybridized carbons (Fsp3) is 0.385. The topological polar surface area (TPSA) is 40.5 Å². The Labute approximate surface area is 91.9 Å². The average Bonchev–Trinajstić information content (AvgIpc) is 2.20. The first-order chi connectivity index (χ1) is 7.10. The molecule has 0 heterocycles. The summed E-state index contributed by atoms with van der Waals surface area (Å²) in [5.74, 6) is 0.836. The Morgan fingerprint density at radius 3 is 2.53 bits per heavy atom. The van der Waals surface area contributed by atoms with Crippen LogP contribution in [0.1, 0.15) is 26.7 Å². The molecule has 0 fully saturated rings. The van der Waals surface area contributed by atoms with Crippen LogP contribution in [0.4, 0.5) is 0 Å². The molecule has 0 aromatic heterocycles. The van der Waals surface area contributed by atoms with Crippen molar-refractivity contribution in [2.75, 3.05) is 0 Å². The van der Waals surface area contributed by atoms with Crippen molar-refractivity contribution in [1.29, 1.82) is 0 Å². The molecule has 1 unspecified atom stereocenters. The van der Waals surface area contributed by atoms with Crippen LogP contribution in [0.5, 0.6) is 0 Å². The van der Waals surface area contributed by atoms with E-state index in [0.29, 0.717) is 5.76 Å². The maximum atomic E-state index is 9.40. The first-order valence-corrected chi connectivity index (χ1v) is 5.15. The van der Waals surface area contributed by atoms with Gasteiger partial charge in [-0.15, -0.1) is 0 Å². The van der Waals surface area contributed by atoms with E-state index in [1.165, 1.54) is 0 Å². The van der Waals surface area contributed by atoms with Gasteiger partial charge in [0, 0.05) is 0 Å². The zero-order valence-corrected chi connectivity index (χ0v) is 9.48. The van der Waals surface area contributed by atoms with Gasteiger partial charge in [0.2, 0.25) is 0 Å². The fourth-order valence-corrected chi connectivity index (χ4v) is 1.20. The largest absolute Gasteiger partial charge is 0.513 e. The molecule has 0 aromatic rings. The molecule has 0 aliphatic heterocycles. The summed E-state index contributed by atoms with van der Waals surface area (Å²) in [6.07, 6.45) is 10.1. The molecule has 84 valence electrons. The Hall–Kier alpha value is -1.44. The number of allylic oxidation sites excluding steroid dienone is 6. The van der Waals surface area contributed by atoms with Gasteiger partial charge in [0.05, 0.1) is 5.76 Å². The van der Waals surface area contributed by atoms with Gasteiger partial charge in [-0.05, 0) is 43.9 Å². The van der Waals surface area contributed by atoms with Gasteiger partial charge in [-0.2, -0.15) is 0 Å². The van der Waals surface area contributed by atoms with Gasteiger partial charge in [-0.1, -0.05) is 25.7 Å². The lowest BCUT2D eigenvalue weighted by Gasteiger charge is -2.06. The predicted molar refractivity (Wildman–Crippen MR) is 64.8 cm³/mol. The van der Waals surface area contributed by atoms with Gasteiger partial charge in [0.1, 0.15) is 5.76 Å². The fourth-order valence-electron chi connectivity index (χ4n) is 1.20. The SMILES string of the molecule is C=C/C=C/C(O)=C\CC(/C=C(\C)O)CC. The van der Waals surface area contributed by atoms with Crippen LogP contribution in [0, 0.1) is 5.92 Å². The summed E-state index contributed by atoms with van der Waals surface area (Å²) in [7, 11) is 0. The number of aliphatic hydroxyl groups excluding tert-OH is 2. The standard InChI is InChI=1S/C13H20O2/c1-4-6-7-13(15)9-8-12(5-2)10-11(3)14/h4,6-7,9-10,12,14-15H,1,5,8H2,2-3H3/b7-6+,11-10+,13-9+. The second-order valence-electron chi connectivity index (χ2n) is 3.44. The minimum atomic E-state index is 0.234. The first kappa shape index (κ1) is 13.6. The normalized spacial score (nSPS) is 15.6. The molecule has 0 bridgehead atoms. The third-order valence-electron chi connectivity index (χ3n) is 2.03. The molecule has 0 spiro atoms.